The second kappa shape index (κ2) is 19.0. The summed E-state index contributed by atoms with van der Waals surface area (Å²) in [6.45, 7) is -0.191. The maximum absolute atomic E-state index is 8.44. The van der Waals surface area contributed by atoms with E-state index in [9.17, 15) is 0 Å². The van der Waals surface area contributed by atoms with Crippen LogP contribution in [0.1, 0.15) is 0 Å². The van der Waals surface area contributed by atoms with Crippen molar-refractivity contribution in [1.29, 1.82) is 0 Å². The van der Waals surface area contributed by atoms with Gasteiger partial charge < -0.3 is 19.3 Å². The monoisotopic (exact) mass is 234 g/mol. The maximum atomic E-state index is 8.44. The summed E-state index contributed by atoms with van der Waals surface area (Å²) in [4.78, 5) is 0. The fraction of sp³-hybridized carbons (Fsp3) is 1.00. The van der Waals surface area contributed by atoms with Crippen molar-refractivity contribution in [1.82, 2.24) is 0 Å². The van der Waals surface area contributed by atoms with Crippen LogP contribution in [0.25, 0.3) is 0 Å². The van der Waals surface area contributed by atoms with Gasteiger partial charge in [-0.2, -0.15) is 12.6 Å². The Bertz CT molecular complexity index is 86.8. The zero-order chi connectivity index (χ0) is 8.57. The quantitative estimate of drug-likeness (QED) is 0.250. The zero-order valence-corrected chi connectivity index (χ0v) is 12.7. The first-order valence-corrected chi connectivity index (χ1v) is 3.84. The molecule has 0 amide bonds. The molecule has 0 saturated heterocycles. The van der Waals surface area contributed by atoms with Crippen LogP contribution in [0.5, 0.6) is 0 Å². The first-order valence-electron chi connectivity index (χ1n) is 2.21. The van der Waals surface area contributed by atoms with Crippen LogP contribution in [0.3, 0.4) is 0 Å². The molecule has 0 bridgehead atoms. The molecule has 0 spiro atoms. The second-order valence-corrected chi connectivity index (χ2v) is 2.00. The van der Waals surface area contributed by atoms with Crippen molar-refractivity contribution in [3.63, 3.8) is 0 Å². The van der Waals surface area contributed by atoms with Gasteiger partial charge in [-0.1, -0.05) is 0 Å². The fourth-order valence-electron chi connectivity index (χ4n) is 0.0577. The molecule has 64 valence electrons. The molecular weight excluding hydrogens is 226 g/mol. The molecule has 2 N–H and O–H groups in total. The summed E-state index contributed by atoms with van der Waals surface area (Å²) in [5, 5.41) is 16.4. The molecule has 0 aromatic carbocycles. The van der Waals surface area contributed by atoms with Crippen LogP contribution in [-0.4, -0.2) is 42.0 Å². The summed E-state index contributed by atoms with van der Waals surface area (Å²) in [6, 6.07) is 0. The molecule has 9 heteroatoms. The molecule has 0 aromatic rings. The standard InChI is InChI=1S/C3H8O2S.2Na.H2O3S/c4-1-3(5)2-6;;;1-4(2)3/h3-6H,1-2H2;;;(H2,1,2,3)/q;2*+1;/p-2. The van der Waals surface area contributed by atoms with E-state index in [1.165, 1.54) is 0 Å². The van der Waals surface area contributed by atoms with Crippen molar-refractivity contribution in [3.05, 3.63) is 0 Å². The van der Waals surface area contributed by atoms with Gasteiger partial charge in [0.15, 0.2) is 0 Å². The summed E-state index contributed by atoms with van der Waals surface area (Å²) in [5.74, 6) is 0.330. The molecule has 1 atom stereocenters. The largest absolute Gasteiger partial charge is 1.00 e. The minimum atomic E-state index is -3.11. The summed E-state index contributed by atoms with van der Waals surface area (Å²) < 4.78 is 25.3. The van der Waals surface area contributed by atoms with Crippen molar-refractivity contribution < 1.29 is 82.6 Å². The predicted molar refractivity (Wildman–Crippen MR) is 36.6 cm³/mol. The number of hydrogen-bond donors (Lipinski definition) is 3. The molecule has 0 aliphatic carbocycles. The van der Waals surface area contributed by atoms with Crippen molar-refractivity contribution in [2.24, 2.45) is 0 Å². The molecule has 5 nitrogen and oxygen atoms in total. The Morgan fingerprint density at radius 2 is 1.67 bits per heavy atom. The van der Waals surface area contributed by atoms with Gasteiger partial charge in [0.05, 0.1) is 12.7 Å². The SMILES string of the molecule is O=S([O-])[O-].OCC(O)CS.[Na+].[Na+]. The maximum Gasteiger partial charge on any atom is 1.00 e. The predicted octanol–water partition coefficient (Wildman–Crippen LogP) is -7.73. The summed E-state index contributed by atoms with van der Waals surface area (Å²) in [7, 11) is 0. The van der Waals surface area contributed by atoms with E-state index in [1.54, 1.807) is 0 Å². The first kappa shape index (κ1) is 23.9. The molecule has 0 saturated carbocycles. The minimum absolute atomic E-state index is 0. The van der Waals surface area contributed by atoms with Crippen LogP contribution in [-0.2, 0) is 11.4 Å². The van der Waals surface area contributed by atoms with Gasteiger partial charge in [-0.3, -0.25) is 4.21 Å². The van der Waals surface area contributed by atoms with Crippen molar-refractivity contribution >= 4 is 24.0 Å². The topological polar surface area (TPSA) is 104 Å². The molecule has 0 aliphatic rings. The zero-order valence-electron chi connectivity index (χ0n) is 6.97. The van der Waals surface area contributed by atoms with E-state index >= 15 is 0 Å². The minimum Gasteiger partial charge on any atom is -0.784 e. The van der Waals surface area contributed by atoms with E-state index < -0.39 is 17.5 Å². The summed E-state index contributed by atoms with van der Waals surface area (Å²) >= 11 is 0.574. The average molecular weight is 234 g/mol. The number of aliphatic hydroxyl groups excluding tert-OH is 2. The van der Waals surface area contributed by atoms with Gasteiger partial charge >= 0.3 is 59.1 Å². The van der Waals surface area contributed by atoms with Gasteiger partial charge in [0.1, 0.15) is 0 Å². The average Bonchev–Trinajstić information content (AvgIpc) is 1.85. The van der Waals surface area contributed by atoms with Crippen LogP contribution in [0.2, 0.25) is 0 Å². The van der Waals surface area contributed by atoms with Crippen LogP contribution >= 0.6 is 12.6 Å². The van der Waals surface area contributed by atoms with E-state index in [0.717, 1.165) is 0 Å². The molecule has 1 unspecified atom stereocenters. The number of hydrogen-bond acceptors (Lipinski definition) is 6. The molecule has 0 rings (SSSR count). The van der Waals surface area contributed by atoms with Crippen molar-refractivity contribution in [3.8, 4) is 0 Å². The fourth-order valence-corrected chi connectivity index (χ4v) is 0.173. The van der Waals surface area contributed by atoms with E-state index in [1.807, 2.05) is 0 Å². The Kier molecular flexibility index (Phi) is 37.8. The Morgan fingerprint density at radius 1 is 1.42 bits per heavy atom. The van der Waals surface area contributed by atoms with Gasteiger partial charge in [0.25, 0.3) is 0 Å². The Labute approximate surface area is 123 Å². The van der Waals surface area contributed by atoms with Gasteiger partial charge in [0.2, 0.25) is 0 Å². The third-order valence-electron chi connectivity index (χ3n) is 0.421. The number of thiol groups is 1. The Hall–Kier alpha value is 2.34. The van der Waals surface area contributed by atoms with E-state index in [4.69, 9.17) is 23.5 Å². The Balaban J connectivity index is -0.0000000483. The second-order valence-electron chi connectivity index (χ2n) is 1.22. The number of rotatable bonds is 2. The van der Waals surface area contributed by atoms with Gasteiger partial charge in [0, 0.05) is 5.75 Å². The smallest absolute Gasteiger partial charge is 0.784 e. The van der Waals surface area contributed by atoms with Crippen molar-refractivity contribution in [2.75, 3.05) is 12.4 Å². The van der Waals surface area contributed by atoms with E-state index in [2.05, 4.69) is 12.6 Å². The summed E-state index contributed by atoms with van der Waals surface area (Å²) in [6.07, 6.45) is -0.645. The van der Waals surface area contributed by atoms with E-state index in [-0.39, 0.29) is 65.7 Å². The molecular formula is C3H8Na2O5S2. The van der Waals surface area contributed by atoms with Crippen LogP contribution in [0.4, 0.5) is 0 Å². The third kappa shape index (κ3) is 39.5. The molecule has 0 radical (unpaired) electrons. The van der Waals surface area contributed by atoms with Crippen LogP contribution in [0, 0.1) is 0 Å². The molecule has 0 heterocycles. The summed E-state index contributed by atoms with van der Waals surface area (Å²) in [5.41, 5.74) is 0. The van der Waals surface area contributed by atoms with Crippen LogP contribution < -0.4 is 59.1 Å². The van der Waals surface area contributed by atoms with Crippen LogP contribution in [0.15, 0.2) is 0 Å². The molecule has 0 aromatic heterocycles. The van der Waals surface area contributed by atoms with Gasteiger partial charge in [-0.05, 0) is 0 Å². The Morgan fingerprint density at radius 3 is 1.67 bits per heavy atom. The van der Waals surface area contributed by atoms with Gasteiger partial charge in [-0.15, -0.1) is 11.4 Å². The van der Waals surface area contributed by atoms with E-state index in [0.29, 0.717) is 5.75 Å². The molecule has 0 aliphatic heterocycles. The molecule has 0 fully saturated rings. The van der Waals surface area contributed by atoms with Gasteiger partial charge in [-0.25, -0.2) is 0 Å². The first-order chi connectivity index (χ1) is 4.54. The third-order valence-corrected chi connectivity index (χ3v) is 0.843. The molecule has 12 heavy (non-hydrogen) atoms. The van der Waals surface area contributed by atoms with Crippen molar-refractivity contribution in [2.45, 2.75) is 6.10 Å². The normalized spacial score (nSPS) is 10.2. The number of aliphatic hydroxyl groups is 2.